The monoisotopic (exact) mass is 254 g/mol. The fourth-order valence-electron chi connectivity index (χ4n) is 1.51. The van der Waals surface area contributed by atoms with Crippen LogP contribution in [-0.2, 0) is 6.54 Å². The van der Waals surface area contributed by atoms with Crippen molar-refractivity contribution in [3.05, 3.63) is 22.4 Å². The van der Waals surface area contributed by atoms with Gasteiger partial charge in [0.05, 0.1) is 6.54 Å². The zero-order chi connectivity index (χ0) is 12.8. The Bertz CT molecular complexity index is 343. The smallest absolute Gasteiger partial charge is 0.209 e. The zero-order valence-corrected chi connectivity index (χ0v) is 11.8. The van der Waals surface area contributed by atoms with Gasteiger partial charge in [0.25, 0.3) is 0 Å². The highest BCUT2D eigenvalue weighted by Gasteiger charge is 2.15. The minimum absolute atomic E-state index is 0.227. The van der Waals surface area contributed by atoms with Crippen LogP contribution in [0.2, 0.25) is 0 Å². The van der Waals surface area contributed by atoms with Crippen LogP contribution in [-0.4, -0.2) is 22.9 Å². The molecule has 1 aromatic rings. The number of hydrazine groups is 1. The van der Waals surface area contributed by atoms with Crippen molar-refractivity contribution < 1.29 is 0 Å². The Morgan fingerprint density at radius 1 is 1.47 bits per heavy atom. The molecule has 1 rings (SSSR count). The summed E-state index contributed by atoms with van der Waals surface area (Å²) in [5.74, 6) is 6.32. The van der Waals surface area contributed by atoms with E-state index in [4.69, 9.17) is 5.84 Å². The first-order valence-electron chi connectivity index (χ1n) is 5.88. The summed E-state index contributed by atoms with van der Waals surface area (Å²) in [6.45, 7) is 9.20. The van der Waals surface area contributed by atoms with Crippen LogP contribution in [0.25, 0.3) is 0 Å². The quantitative estimate of drug-likeness (QED) is 0.375. The molecular weight excluding hydrogens is 232 g/mol. The van der Waals surface area contributed by atoms with E-state index in [1.54, 1.807) is 11.3 Å². The molecule has 0 fully saturated rings. The Labute approximate surface area is 108 Å². The lowest BCUT2D eigenvalue weighted by Gasteiger charge is -2.29. The Kier molecular flexibility index (Phi) is 5.44. The van der Waals surface area contributed by atoms with Gasteiger partial charge in [0, 0.05) is 17.0 Å². The van der Waals surface area contributed by atoms with Crippen LogP contribution in [0, 0.1) is 0 Å². The summed E-state index contributed by atoms with van der Waals surface area (Å²) in [6.07, 6.45) is 0. The van der Waals surface area contributed by atoms with Crippen molar-refractivity contribution in [2.24, 2.45) is 10.8 Å². The van der Waals surface area contributed by atoms with Crippen molar-refractivity contribution in [3.8, 4) is 0 Å². The van der Waals surface area contributed by atoms with Crippen molar-refractivity contribution in [1.29, 1.82) is 0 Å². The lowest BCUT2D eigenvalue weighted by molar-refractivity contribution is 0.331. The molecule has 0 unspecified atom stereocenters. The molecule has 1 heterocycles. The van der Waals surface area contributed by atoms with Crippen LogP contribution in [0.4, 0.5) is 0 Å². The summed E-state index contributed by atoms with van der Waals surface area (Å²) in [7, 11) is 0. The van der Waals surface area contributed by atoms with Crippen LogP contribution in [0.15, 0.2) is 22.5 Å². The van der Waals surface area contributed by atoms with Gasteiger partial charge < -0.3 is 4.90 Å². The first-order chi connectivity index (χ1) is 8.04. The molecular formula is C12H22N4S. The number of nitrogens with one attached hydrogen (secondary N) is 1. The largest absolute Gasteiger partial charge is 0.334 e. The summed E-state index contributed by atoms with van der Waals surface area (Å²) >= 11 is 1.75. The highest BCUT2D eigenvalue weighted by atomic mass is 32.1. The van der Waals surface area contributed by atoms with Gasteiger partial charge in [-0.25, -0.2) is 10.8 Å². The third kappa shape index (κ3) is 4.36. The van der Waals surface area contributed by atoms with Crippen molar-refractivity contribution in [2.75, 3.05) is 0 Å². The Morgan fingerprint density at radius 2 is 2.18 bits per heavy atom. The molecule has 0 amide bonds. The highest BCUT2D eigenvalue weighted by molar-refractivity contribution is 7.09. The third-order valence-electron chi connectivity index (χ3n) is 2.31. The maximum Gasteiger partial charge on any atom is 0.209 e. The lowest BCUT2D eigenvalue weighted by Crippen LogP contribution is -2.47. The molecule has 0 aliphatic rings. The van der Waals surface area contributed by atoms with Gasteiger partial charge in [-0.1, -0.05) is 6.07 Å². The molecule has 0 aromatic carbocycles. The fraction of sp³-hybridized carbons (Fsp3) is 0.583. The third-order valence-corrected chi connectivity index (χ3v) is 3.17. The van der Waals surface area contributed by atoms with Gasteiger partial charge in [0.1, 0.15) is 0 Å². The van der Waals surface area contributed by atoms with E-state index in [1.807, 2.05) is 13.8 Å². The average molecular weight is 254 g/mol. The first-order valence-corrected chi connectivity index (χ1v) is 6.76. The van der Waals surface area contributed by atoms with Gasteiger partial charge in [-0.15, -0.1) is 11.3 Å². The van der Waals surface area contributed by atoms with E-state index < -0.39 is 0 Å². The first kappa shape index (κ1) is 14.0. The molecule has 0 aliphatic heterocycles. The molecule has 0 saturated carbocycles. The van der Waals surface area contributed by atoms with Crippen molar-refractivity contribution in [1.82, 2.24) is 10.3 Å². The number of rotatable bonds is 4. The number of hydrogen-bond donors (Lipinski definition) is 2. The van der Waals surface area contributed by atoms with Crippen LogP contribution in [0.1, 0.15) is 32.6 Å². The second kappa shape index (κ2) is 6.61. The van der Waals surface area contributed by atoms with Crippen molar-refractivity contribution >= 4 is 17.3 Å². The second-order valence-corrected chi connectivity index (χ2v) is 5.52. The number of nitrogens with zero attached hydrogens (tertiary/aromatic N) is 2. The van der Waals surface area contributed by atoms with Crippen LogP contribution >= 0.6 is 11.3 Å². The summed E-state index contributed by atoms with van der Waals surface area (Å²) in [4.78, 5) is 7.99. The normalized spacial score (nSPS) is 12.3. The van der Waals surface area contributed by atoms with Gasteiger partial charge >= 0.3 is 0 Å². The van der Waals surface area contributed by atoms with E-state index in [1.165, 1.54) is 4.88 Å². The van der Waals surface area contributed by atoms with E-state index in [0.29, 0.717) is 6.04 Å². The highest BCUT2D eigenvalue weighted by Crippen LogP contribution is 2.14. The summed E-state index contributed by atoms with van der Waals surface area (Å²) < 4.78 is 0. The molecule has 17 heavy (non-hydrogen) atoms. The molecule has 0 bridgehead atoms. The molecule has 0 spiro atoms. The Balaban J connectivity index is 2.84. The van der Waals surface area contributed by atoms with Crippen LogP contribution in [0.3, 0.4) is 0 Å². The molecule has 5 heteroatoms. The van der Waals surface area contributed by atoms with E-state index in [-0.39, 0.29) is 6.04 Å². The molecule has 3 N–H and O–H groups in total. The minimum atomic E-state index is 0.227. The minimum Gasteiger partial charge on any atom is -0.334 e. The van der Waals surface area contributed by atoms with Crippen molar-refractivity contribution in [2.45, 2.75) is 46.3 Å². The SMILES string of the molecule is CC(C)N=C(NN)N(Cc1cccs1)C(C)C. The second-order valence-electron chi connectivity index (χ2n) is 4.49. The maximum atomic E-state index is 5.57. The van der Waals surface area contributed by atoms with Crippen LogP contribution < -0.4 is 11.3 Å². The predicted molar refractivity (Wildman–Crippen MR) is 74.9 cm³/mol. The standard InChI is InChI=1S/C12H22N4S/c1-9(2)14-12(15-13)16(10(3)4)8-11-6-5-7-17-11/h5-7,9-10H,8,13H2,1-4H3,(H,14,15). The maximum absolute atomic E-state index is 5.57. The number of guanidine groups is 1. The Morgan fingerprint density at radius 3 is 2.59 bits per heavy atom. The fourth-order valence-corrected chi connectivity index (χ4v) is 2.21. The van der Waals surface area contributed by atoms with E-state index in [0.717, 1.165) is 12.5 Å². The molecule has 0 radical (unpaired) electrons. The van der Waals surface area contributed by atoms with Gasteiger partial charge in [-0.3, -0.25) is 5.43 Å². The molecule has 96 valence electrons. The predicted octanol–water partition coefficient (Wildman–Crippen LogP) is 2.19. The summed E-state index contributed by atoms with van der Waals surface area (Å²) in [5, 5.41) is 2.09. The number of hydrogen-bond acceptors (Lipinski definition) is 3. The van der Waals surface area contributed by atoms with Gasteiger partial charge in [0.15, 0.2) is 0 Å². The molecule has 1 aromatic heterocycles. The summed E-state index contributed by atoms with van der Waals surface area (Å²) in [6, 6.07) is 4.77. The van der Waals surface area contributed by atoms with Crippen LogP contribution in [0.5, 0.6) is 0 Å². The number of aliphatic imine (C=N–C) groups is 1. The van der Waals surface area contributed by atoms with Gasteiger partial charge in [-0.2, -0.15) is 0 Å². The lowest BCUT2D eigenvalue weighted by atomic mass is 10.3. The topological polar surface area (TPSA) is 53.6 Å². The molecule has 0 saturated heterocycles. The number of nitrogens with two attached hydrogens (primary N) is 1. The van der Waals surface area contributed by atoms with Gasteiger partial charge in [0.2, 0.25) is 5.96 Å². The van der Waals surface area contributed by atoms with E-state index >= 15 is 0 Å². The average Bonchev–Trinajstić information content (AvgIpc) is 2.75. The molecule has 0 aliphatic carbocycles. The van der Waals surface area contributed by atoms with Gasteiger partial charge in [-0.05, 0) is 39.1 Å². The van der Waals surface area contributed by atoms with E-state index in [9.17, 15) is 0 Å². The van der Waals surface area contributed by atoms with Crippen molar-refractivity contribution in [3.63, 3.8) is 0 Å². The summed E-state index contributed by atoms with van der Waals surface area (Å²) in [5.41, 5.74) is 2.71. The zero-order valence-electron chi connectivity index (χ0n) is 11.0. The molecule has 4 nitrogen and oxygen atoms in total. The van der Waals surface area contributed by atoms with E-state index in [2.05, 4.69) is 46.7 Å². The molecule has 0 atom stereocenters. The Hall–Kier alpha value is -1.07. The number of thiophene rings is 1.